The van der Waals surface area contributed by atoms with Crippen molar-refractivity contribution in [3.63, 3.8) is 0 Å². The lowest BCUT2D eigenvalue weighted by Crippen LogP contribution is -2.37. The first-order valence-corrected chi connectivity index (χ1v) is 8.52. The predicted octanol–water partition coefficient (Wildman–Crippen LogP) is 3.04. The minimum atomic E-state index is -3.80. The van der Waals surface area contributed by atoms with E-state index in [0.29, 0.717) is 10.0 Å². The van der Waals surface area contributed by atoms with Gasteiger partial charge < -0.3 is 5.11 Å². The summed E-state index contributed by atoms with van der Waals surface area (Å²) in [4.78, 5) is 11.1. The summed E-state index contributed by atoms with van der Waals surface area (Å²) in [5.41, 5.74) is 0.406. The number of rotatable bonds is 6. The number of aromatic carboxylic acids is 1. The second-order valence-electron chi connectivity index (χ2n) is 4.84. The lowest BCUT2D eigenvalue weighted by atomic mass is 10.1. The summed E-state index contributed by atoms with van der Waals surface area (Å²) in [6, 6.07) is 2.32. The van der Waals surface area contributed by atoms with Crippen LogP contribution in [-0.4, -0.2) is 36.4 Å². The molecule has 0 saturated carbocycles. The molecule has 21 heavy (non-hydrogen) atoms. The number of hydrogen-bond donors (Lipinski definition) is 1. The van der Waals surface area contributed by atoms with E-state index in [1.54, 1.807) is 20.8 Å². The van der Waals surface area contributed by atoms with E-state index < -0.39 is 16.0 Å². The molecule has 0 heterocycles. The number of benzene rings is 1. The van der Waals surface area contributed by atoms with Gasteiger partial charge in [0.1, 0.15) is 0 Å². The Kier molecular flexibility index (Phi) is 5.72. The molecule has 1 aromatic carbocycles. The van der Waals surface area contributed by atoms with Crippen LogP contribution in [0.5, 0.6) is 0 Å². The molecule has 0 fully saturated rings. The fourth-order valence-corrected chi connectivity index (χ4v) is 4.36. The molecule has 0 saturated heterocycles. The number of carboxylic acids is 1. The van der Waals surface area contributed by atoms with Crippen LogP contribution < -0.4 is 0 Å². The van der Waals surface area contributed by atoms with Crippen molar-refractivity contribution in [2.75, 3.05) is 6.54 Å². The van der Waals surface area contributed by atoms with Crippen molar-refractivity contribution in [3.05, 3.63) is 40.4 Å². The summed E-state index contributed by atoms with van der Waals surface area (Å²) < 4.78 is 27.3. The Morgan fingerprint density at radius 2 is 2.05 bits per heavy atom. The van der Waals surface area contributed by atoms with Crippen molar-refractivity contribution in [3.8, 4) is 0 Å². The molecule has 1 rings (SSSR count). The highest BCUT2D eigenvalue weighted by molar-refractivity contribution is 9.10. The van der Waals surface area contributed by atoms with E-state index in [1.807, 2.05) is 0 Å². The lowest BCUT2D eigenvalue weighted by Gasteiger charge is -2.25. The zero-order valence-electron chi connectivity index (χ0n) is 12.1. The Balaban J connectivity index is 3.56. The van der Waals surface area contributed by atoms with Crippen LogP contribution in [0.25, 0.3) is 0 Å². The van der Waals surface area contributed by atoms with E-state index in [0.717, 1.165) is 0 Å². The lowest BCUT2D eigenvalue weighted by molar-refractivity contribution is 0.0696. The zero-order valence-corrected chi connectivity index (χ0v) is 14.5. The fraction of sp³-hybridized carbons (Fsp3) is 0.357. The van der Waals surface area contributed by atoms with Gasteiger partial charge in [0.2, 0.25) is 10.0 Å². The third-order valence-electron chi connectivity index (χ3n) is 3.02. The van der Waals surface area contributed by atoms with Gasteiger partial charge in [-0.15, -0.1) is 6.58 Å². The number of nitrogens with zero attached hydrogens (tertiary/aromatic N) is 1. The quantitative estimate of drug-likeness (QED) is 0.775. The first-order chi connectivity index (χ1) is 9.62. The molecule has 0 unspecified atom stereocenters. The molecule has 0 amide bonds. The monoisotopic (exact) mass is 375 g/mol. The highest BCUT2D eigenvalue weighted by Gasteiger charge is 2.29. The summed E-state index contributed by atoms with van der Waals surface area (Å²) in [6.07, 6.45) is 1.50. The van der Waals surface area contributed by atoms with Crippen LogP contribution >= 0.6 is 15.9 Å². The van der Waals surface area contributed by atoms with Crippen molar-refractivity contribution in [2.45, 2.75) is 31.7 Å². The standard InChI is InChI=1S/C14H18BrNO4S/c1-5-6-16(9(2)3)21(19,20)13-8-11(14(17)18)7-12(15)10(13)4/h5,7-9H,1,6H2,2-4H3,(H,17,18). The number of carboxylic acid groups (broad SMARTS) is 1. The number of halogens is 1. The maximum Gasteiger partial charge on any atom is 0.335 e. The molecule has 0 radical (unpaired) electrons. The van der Waals surface area contributed by atoms with Gasteiger partial charge in [-0.25, -0.2) is 13.2 Å². The van der Waals surface area contributed by atoms with E-state index in [2.05, 4.69) is 22.5 Å². The number of carbonyl (C=O) groups is 1. The molecule has 116 valence electrons. The molecule has 1 N–H and O–H groups in total. The number of hydrogen-bond acceptors (Lipinski definition) is 3. The minimum Gasteiger partial charge on any atom is -0.478 e. The van der Waals surface area contributed by atoms with Gasteiger partial charge in [-0.1, -0.05) is 22.0 Å². The zero-order chi connectivity index (χ0) is 16.4. The van der Waals surface area contributed by atoms with Crippen molar-refractivity contribution >= 4 is 31.9 Å². The first-order valence-electron chi connectivity index (χ1n) is 6.29. The van der Waals surface area contributed by atoms with Gasteiger partial charge >= 0.3 is 5.97 Å². The molecule has 0 aliphatic carbocycles. The predicted molar refractivity (Wildman–Crippen MR) is 85.1 cm³/mol. The van der Waals surface area contributed by atoms with Crippen LogP contribution in [0.1, 0.15) is 29.8 Å². The van der Waals surface area contributed by atoms with Gasteiger partial charge in [0.15, 0.2) is 0 Å². The third kappa shape index (κ3) is 3.72. The Hall–Kier alpha value is -1.18. The molecular weight excluding hydrogens is 358 g/mol. The maximum atomic E-state index is 12.8. The van der Waals surface area contributed by atoms with Crippen LogP contribution in [0, 0.1) is 6.92 Å². The Morgan fingerprint density at radius 3 is 2.48 bits per heavy atom. The average molecular weight is 376 g/mol. The Bertz CT molecular complexity index is 668. The smallest absolute Gasteiger partial charge is 0.335 e. The summed E-state index contributed by atoms with van der Waals surface area (Å²) in [6.45, 7) is 8.87. The minimum absolute atomic E-state index is 0.00942. The van der Waals surface area contributed by atoms with Crippen molar-refractivity contribution in [1.82, 2.24) is 4.31 Å². The summed E-state index contributed by atoms with van der Waals surface area (Å²) in [5, 5.41) is 9.10. The Labute approximate surface area is 133 Å². The van der Waals surface area contributed by atoms with Crippen LogP contribution in [0.15, 0.2) is 34.2 Å². The SMILES string of the molecule is C=CCN(C(C)C)S(=O)(=O)c1cc(C(=O)O)cc(Br)c1C. The molecule has 0 spiro atoms. The molecule has 0 aliphatic heterocycles. The summed E-state index contributed by atoms with van der Waals surface area (Å²) in [7, 11) is -3.80. The van der Waals surface area contributed by atoms with E-state index in [-0.39, 0.29) is 23.0 Å². The highest BCUT2D eigenvalue weighted by Crippen LogP contribution is 2.29. The molecule has 0 bridgehead atoms. The van der Waals surface area contributed by atoms with E-state index in [1.165, 1.54) is 22.5 Å². The molecule has 0 aliphatic rings. The third-order valence-corrected chi connectivity index (χ3v) is 6.01. The first kappa shape index (κ1) is 17.9. The van der Waals surface area contributed by atoms with Crippen molar-refractivity contribution in [1.29, 1.82) is 0 Å². The van der Waals surface area contributed by atoms with Gasteiger partial charge in [-0.3, -0.25) is 0 Å². The molecular formula is C14H18BrNO4S. The second kappa shape index (κ2) is 6.72. The largest absolute Gasteiger partial charge is 0.478 e. The van der Waals surface area contributed by atoms with Crippen LogP contribution in [0.4, 0.5) is 0 Å². The van der Waals surface area contributed by atoms with Crippen LogP contribution in [0.3, 0.4) is 0 Å². The van der Waals surface area contributed by atoms with Crippen LogP contribution in [0.2, 0.25) is 0 Å². The normalized spacial score (nSPS) is 11.9. The topological polar surface area (TPSA) is 74.7 Å². The fourth-order valence-electron chi connectivity index (χ4n) is 1.89. The van der Waals surface area contributed by atoms with Gasteiger partial charge in [-0.2, -0.15) is 4.31 Å². The second-order valence-corrected chi connectivity index (χ2v) is 7.56. The van der Waals surface area contributed by atoms with Gasteiger partial charge in [-0.05, 0) is 38.5 Å². The van der Waals surface area contributed by atoms with Gasteiger partial charge in [0.25, 0.3) is 0 Å². The maximum absolute atomic E-state index is 12.8. The van der Waals surface area contributed by atoms with Gasteiger partial charge in [0, 0.05) is 17.1 Å². The molecule has 1 aromatic rings. The molecule has 7 heteroatoms. The van der Waals surface area contributed by atoms with E-state index in [4.69, 9.17) is 5.11 Å². The van der Waals surface area contributed by atoms with E-state index in [9.17, 15) is 13.2 Å². The highest BCUT2D eigenvalue weighted by atomic mass is 79.9. The summed E-state index contributed by atoms with van der Waals surface area (Å²) >= 11 is 3.22. The number of sulfonamides is 1. The van der Waals surface area contributed by atoms with Gasteiger partial charge in [0.05, 0.1) is 10.5 Å². The van der Waals surface area contributed by atoms with Crippen molar-refractivity contribution in [2.24, 2.45) is 0 Å². The van der Waals surface area contributed by atoms with Crippen molar-refractivity contribution < 1.29 is 18.3 Å². The molecule has 0 aromatic heterocycles. The van der Waals surface area contributed by atoms with E-state index >= 15 is 0 Å². The summed E-state index contributed by atoms with van der Waals surface area (Å²) in [5.74, 6) is -1.17. The average Bonchev–Trinajstić information content (AvgIpc) is 2.37. The Morgan fingerprint density at radius 1 is 1.48 bits per heavy atom. The van der Waals surface area contributed by atoms with Crippen LogP contribution in [-0.2, 0) is 10.0 Å². The molecule has 5 nitrogen and oxygen atoms in total. The molecule has 0 atom stereocenters.